The lowest BCUT2D eigenvalue weighted by atomic mass is 10.2. The quantitative estimate of drug-likeness (QED) is 0.823. The van der Waals surface area contributed by atoms with Gasteiger partial charge >= 0.3 is 0 Å². The van der Waals surface area contributed by atoms with E-state index in [9.17, 15) is 9.59 Å². The highest BCUT2D eigenvalue weighted by Crippen LogP contribution is 2.32. The van der Waals surface area contributed by atoms with Crippen molar-refractivity contribution in [1.29, 1.82) is 0 Å². The number of rotatable bonds is 6. The molecule has 1 aliphatic heterocycles. The molecule has 0 radical (unpaired) electrons. The van der Waals surface area contributed by atoms with Gasteiger partial charge < -0.3 is 20.1 Å². The number of pyridine rings is 1. The molecule has 0 fully saturated rings. The average molecular weight is 327 g/mol. The summed E-state index contributed by atoms with van der Waals surface area (Å²) in [7, 11) is 0. The minimum Gasteiger partial charge on any atom is -0.454 e. The molecule has 0 aliphatic carbocycles. The Bertz CT molecular complexity index is 734. The fourth-order valence-electron chi connectivity index (χ4n) is 2.24. The van der Waals surface area contributed by atoms with Crippen molar-refractivity contribution in [2.24, 2.45) is 0 Å². The third-order valence-electron chi connectivity index (χ3n) is 3.47. The van der Waals surface area contributed by atoms with Gasteiger partial charge in [0, 0.05) is 30.4 Å². The summed E-state index contributed by atoms with van der Waals surface area (Å²) < 4.78 is 10.4. The first-order chi connectivity index (χ1) is 11.7. The topological polar surface area (TPSA) is 89.6 Å². The molecule has 0 unspecified atom stereocenters. The van der Waals surface area contributed by atoms with Crippen LogP contribution < -0.4 is 20.1 Å². The molecule has 0 saturated heterocycles. The lowest BCUT2D eigenvalue weighted by molar-refractivity contribution is -0.120. The highest BCUT2D eigenvalue weighted by atomic mass is 16.7. The number of amides is 2. The number of ether oxygens (including phenoxy) is 2. The van der Waals surface area contributed by atoms with E-state index in [1.807, 2.05) is 18.2 Å². The summed E-state index contributed by atoms with van der Waals surface area (Å²) in [4.78, 5) is 28.0. The second kappa shape index (κ2) is 7.45. The Morgan fingerprint density at radius 1 is 1.08 bits per heavy atom. The van der Waals surface area contributed by atoms with Gasteiger partial charge in [-0.1, -0.05) is 6.07 Å². The van der Waals surface area contributed by atoms with E-state index < -0.39 is 0 Å². The summed E-state index contributed by atoms with van der Waals surface area (Å²) in [5.41, 5.74) is 1.32. The molecule has 7 nitrogen and oxygen atoms in total. The van der Waals surface area contributed by atoms with Crippen LogP contribution in [0, 0.1) is 0 Å². The molecule has 0 saturated carbocycles. The summed E-state index contributed by atoms with van der Waals surface area (Å²) in [5.74, 6) is 0.550. The first-order valence-electron chi connectivity index (χ1n) is 7.57. The third kappa shape index (κ3) is 4.01. The Morgan fingerprint density at radius 3 is 2.79 bits per heavy atom. The molecule has 2 amide bonds. The SMILES string of the molecule is O=C(CNC(=O)c1ccc2c(c1)OCO2)NCCc1ccccn1. The smallest absolute Gasteiger partial charge is 0.251 e. The first-order valence-corrected chi connectivity index (χ1v) is 7.57. The number of nitrogens with one attached hydrogen (secondary N) is 2. The minimum atomic E-state index is -0.340. The zero-order chi connectivity index (χ0) is 16.8. The van der Waals surface area contributed by atoms with Gasteiger partial charge in [-0.15, -0.1) is 0 Å². The second-order valence-corrected chi connectivity index (χ2v) is 5.17. The highest BCUT2D eigenvalue weighted by molar-refractivity contribution is 5.97. The molecule has 1 aromatic carbocycles. The third-order valence-corrected chi connectivity index (χ3v) is 3.47. The van der Waals surface area contributed by atoms with Crippen LogP contribution in [0.5, 0.6) is 11.5 Å². The van der Waals surface area contributed by atoms with Crippen molar-refractivity contribution < 1.29 is 19.1 Å². The maximum Gasteiger partial charge on any atom is 0.251 e. The molecule has 2 N–H and O–H groups in total. The van der Waals surface area contributed by atoms with Gasteiger partial charge in [0.2, 0.25) is 12.7 Å². The molecule has 0 atom stereocenters. The lowest BCUT2D eigenvalue weighted by Gasteiger charge is -2.07. The number of aromatic nitrogens is 1. The fraction of sp³-hybridized carbons (Fsp3) is 0.235. The summed E-state index contributed by atoms with van der Waals surface area (Å²) in [6, 6.07) is 10.5. The Hall–Kier alpha value is -3.09. The van der Waals surface area contributed by atoms with Crippen LogP contribution in [0.3, 0.4) is 0 Å². The standard InChI is InChI=1S/C17H17N3O4/c21-16(19-8-6-13-3-1-2-7-18-13)10-20-17(22)12-4-5-14-15(9-12)24-11-23-14/h1-5,7,9H,6,8,10-11H2,(H,19,21)(H,20,22). The molecular formula is C17H17N3O4. The van der Waals surface area contributed by atoms with E-state index in [-0.39, 0.29) is 25.2 Å². The Kier molecular flexibility index (Phi) is 4.90. The van der Waals surface area contributed by atoms with Gasteiger partial charge in [0.05, 0.1) is 6.54 Å². The van der Waals surface area contributed by atoms with Crippen molar-refractivity contribution in [2.75, 3.05) is 19.9 Å². The van der Waals surface area contributed by atoms with Gasteiger partial charge in [0.25, 0.3) is 5.91 Å². The Balaban J connectivity index is 1.41. The van der Waals surface area contributed by atoms with Crippen LogP contribution in [0.2, 0.25) is 0 Å². The van der Waals surface area contributed by atoms with Crippen molar-refractivity contribution in [2.45, 2.75) is 6.42 Å². The van der Waals surface area contributed by atoms with E-state index in [0.717, 1.165) is 5.69 Å². The van der Waals surface area contributed by atoms with Crippen LogP contribution in [0.4, 0.5) is 0 Å². The van der Waals surface area contributed by atoms with Crippen LogP contribution in [0.25, 0.3) is 0 Å². The van der Waals surface area contributed by atoms with Crippen LogP contribution in [-0.2, 0) is 11.2 Å². The Morgan fingerprint density at radius 2 is 1.96 bits per heavy atom. The van der Waals surface area contributed by atoms with Crippen molar-refractivity contribution in [3.63, 3.8) is 0 Å². The van der Waals surface area contributed by atoms with E-state index in [2.05, 4.69) is 15.6 Å². The molecule has 0 bridgehead atoms. The summed E-state index contributed by atoms with van der Waals surface area (Å²) in [6.45, 7) is 0.532. The number of hydrogen-bond acceptors (Lipinski definition) is 5. The summed E-state index contributed by atoms with van der Waals surface area (Å²) in [6.07, 6.45) is 2.35. The zero-order valence-corrected chi connectivity index (χ0v) is 13.0. The van der Waals surface area contributed by atoms with Gasteiger partial charge in [-0.25, -0.2) is 0 Å². The number of hydrogen-bond donors (Lipinski definition) is 2. The van der Waals surface area contributed by atoms with E-state index >= 15 is 0 Å². The average Bonchev–Trinajstić information content (AvgIpc) is 3.08. The molecule has 2 heterocycles. The van der Waals surface area contributed by atoms with Crippen LogP contribution in [-0.4, -0.2) is 36.7 Å². The highest BCUT2D eigenvalue weighted by Gasteiger charge is 2.16. The summed E-state index contributed by atoms with van der Waals surface area (Å²) >= 11 is 0. The van der Waals surface area contributed by atoms with Crippen molar-refractivity contribution in [3.05, 3.63) is 53.9 Å². The van der Waals surface area contributed by atoms with E-state index in [4.69, 9.17) is 9.47 Å². The number of fused-ring (bicyclic) bond motifs is 1. The van der Waals surface area contributed by atoms with Crippen molar-refractivity contribution in [3.8, 4) is 11.5 Å². The van der Waals surface area contributed by atoms with Crippen LogP contribution >= 0.6 is 0 Å². The number of carbonyl (C=O) groups is 2. The number of benzene rings is 1. The minimum absolute atomic E-state index is 0.0878. The van der Waals surface area contributed by atoms with Gasteiger partial charge in [-0.05, 0) is 30.3 Å². The number of carbonyl (C=O) groups excluding carboxylic acids is 2. The molecule has 7 heteroatoms. The molecule has 24 heavy (non-hydrogen) atoms. The molecule has 124 valence electrons. The fourth-order valence-corrected chi connectivity index (χ4v) is 2.24. The van der Waals surface area contributed by atoms with Gasteiger partial charge in [0.1, 0.15) is 0 Å². The maximum absolute atomic E-state index is 12.0. The van der Waals surface area contributed by atoms with E-state index in [0.29, 0.717) is 30.0 Å². The predicted molar refractivity (Wildman–Crippen MR) is 85.8 cm³/mol. The van der Waals surface area contributed by atoms with Gasteiger partial charge in [0.15, 0.2) is 11.5 Å². The van der Waals surface area contributed by atoms with E-state index in [1.165, 1.54) is 0 Å². The predicted octanol–water partition coefficient (Wildman–Crippen LogP) is 0.899. The van der Waals surface area contributed by atoms with Gasteiger partial charge in [-0.2, -0.15) is 0 Å². The molecular weight excluding hydrogens is 310 g/mol. The number of nitrogens with zero attached hydrogens (tertiary/aromatic N) is 1. The van der Waals surface area contributed by atoms with Crippen molar-refractivity contribution in [1.82, 2.24) is 15.6 Å². The lowest BCUT2D eigenvalue weighted by Crippen LogP contribution is -2.37. The van der Waals surface area contributed by atoms with Crippen LogP contribution in [0.15, 0.2) is 42.6 Å². The summed E-state index contributed by atoms with van der Waals surface area (Å²) in [5, 5.41) is 5.32. The molecule has 0 spiro atoms. The first kappa shape index (κ1) is 15.8. The Labute approximate surface area is 139 Å². The zero-order valence-electron chi connectivity index (χ0n) is 13.0. The van der Waals surface area contributed by atoms with Gasteiger partial charge in [-0.3, -0.25) is 14.6 Å². The molecule has 2 aromatic rings. The van der Waals surface area contributed by atoms with Crippen molar-refractivity contribution >= 4 is 11.8 Å². The normalized spacial score (nSPS) is 11.8. The molecule has 1 aliphatic rings. The molecule has 1 aromatic heterocycles. The van der Waals surface area contributed by atoms with E-state index in [1.54, 1.807) is 24.4 Å². The maximum atomic E-state index is 12.0. The molecule has 3 rings (SSSR count). The largest absolute Gasteiger partial charge is 0.454 e. The van der Waals surface area contributed by atoms with Crippen LogP contribution in [0.1, 0.15) is 16.1 Å². The second-order valence-electron chi connectivity index (χ2n) is 5.17. The monoisotopic (exact) mass is 327 g/mol.